The Bertz CT molecular complexity index is 563. The van der Waals surface area contributed by atoms with Crippen molar-refractivity contribution in [2.24, 2.45) is 7.05 Å². The van der Waals surface area contributed by atoms with Crippen LogP contribution in [0.1, 0.15) is 12.7 Å². The van der Waals surface area contributed by atoms with Crippen LogP contribution in [-0.2, 0) is 13.5 Å². The van der Waals surface area contributed by atoms with Crippen molar-refractivity contribution in [3.8, 4) is 11.3 Å². The van der Waals surface area contributed by atoms with Crippen LogP contribution in [0.2, 0.25) is 5.02 Å². The van der Waals surface area contributed by atoms with Gasteiger partial charge in [0.15, 0.2) is 0 Å². The zero-order chi connectivity index (χ0) is 12.6. The quantitative estimate of drug-likeness (QED) is 0.894. The molecule has 0 atom stereocenters. The maximum absolute atomic E-state index is 13.4. The number of nitrogens with zero attached hydrogens (tertiary/aromatic N) is 2. The molecule has 0 unspecified atom stereocenters. The largest absolute Gasteiger partial charge is 0.383 e. The van der Waals surface area contributed by atoms with Gasteiger partial charge in [-0.3, -0.25) is 0 Å². The maximum Gasteiger partial charge on any atom is 0.142 e. The van der Waals surface area contributed by atoms with Gasteiger partial charge in [-0.15, -0.1) is 0 Å². The monoisotopic (exact) mass is 253 g/mol. The van der Waals surface area contributed by atoms with Crippen LogP contribution in [0.15, 0.2) is 18.2 Å². The molecule has 3 nitrogen and oxygen atoms in total. The van der Waals surface area contributed by atoms with Crippen LogP contribution in [0.3, 0.4) is 0 Å². The molecule has 0 radical (unpaired) electrons. The van der Waals surface area contributed by atoms with E-state index in [1.54, 1.807) is 6.07 Å². The highest BCUT2D eigenvalue weighted by atomic mass is 35.5. The molecule has 0 bridgehead atoms. The van der Waals surface area contributed by atoms with Gasteiger partial charge in [-0.25, -0.2) is 9.37 Å². The van der Waals surface area contributed by atoms with Crippen LogP contribution >= 0.6 is 11.6 Å². The molecular formula is C12H13ClFN3. The van der Waals surface area contributed by atoms with Crippen LogP contribution < -0.4 is 5.73 Å². The van der Waals surface area contributed by atoms with Gasteiger partial charge in [-0.05, 0) is 12.1 Å². The number of anilines is 1. The molecule has 90 valence electrons. The highest BCUT2D eigenvalue weighted by Gasteiger charge is 2.13. The van der Waals surface area contributed by atoms with E-state index in [1.165, 1.54) is 12.1 Å². The minimum atomic E-state index is -0.465. The molecule has 2 rings (SSSR count). The molecule has 0 spiro atoms. The van der Waals surface area contributed by atoms with Crippen LogP contribution in [0.4, 0.5) is 10.2 Å². The Kier molecular flexibility index (Phi) is 3.07. The van der Waals surface area contributed by atoms with Gasteiger partial charge in [0.05, 0.1) is 5.02 Å². The number of aromatic nitrogens is 2. The van der Waals surface area contributed by atoms with Crippen molar-refractivity contribution in [3.63, 3.8) is 0 Å². The Morgan fingerprint density at radius 1 is 1.47 bits per heavy atom. The molecule has 1 aromatic carbocycles. The number of aryl methyl sites for hydroxylation is 1. The molecule has 0 saturated carbocycles. The zero-order valence-corrected chi connectivity index (χ0v) is 10.4. The third-order valence-corrected chi connectivity index (χ3v) is 3.05. The third-order valence-electron chi connectivity index (χ3n) is 2.74. The van der Waals surface area contributed by atoms with E-state index >= 15 is 0 Å². The highest BCUT2D eigenvalue weighted by molar-refractivity contribution is 6.30. The molecule has 17 heavy (non-hydrogen) atoms. The first-order valence-electron chi connectivity index (χ1n) is 5.31. The van der Waals surface area contributed by atoms with E-state index in [0.29, 0.717) is 17.1 Å². The summed E-state index contributed by atoms with van der Waals surface area (Å²) in [6.45, 7) is 1.99. The second-order valence-corrected chi connectivity index (χ2v) is 4.21. The highest BCUT2D eigenvalue weighted by Crippen LogP contribution is 2.28. The third kappa shape index (κ3) is 2.00. The van der Waals surface area contributed by atoms with E-state index < -0.39 is 5.82 Å². The van der Waals surface area contributed by atoms with Gasteiger partial charge in [-0.2, -0.15) is 0 Å². The first-order valence-corrected chi connectivity index (χ1v) is 5.68. The fraction of sp³-hybridized carbons (Fsp3) is 0.250. The lowest BCUT2D eigenvalue weighted by atomic mass is 10.1. The summed E-state index contributed by atoms with van der Waals surface area (Å²) in [6.07, 6.45) is 0.775. The Morgan fingerprint density at radius 2 is 2.18 bits per heavy atom. The first-order chi connectivity index (χ1) is 8.04. The predicted molar refractivity (Wildman–Crippen MR) is 67.4 cm³/mol. The van der Waals surface area contributed by atoms with E-state index in [2.05, 4.69) is 4.98 Å². The Labute approximate surface area is 104 Å². The molecular weight excluding hydrogens is 241 g/mol. The van der Waals surface area contributed by atoms with Gasteiger partial charge in [0.1, 0.15) is 23.2 Å². The lowest BCUT2D eigenvalue weighted by molar-refractivity contribution is 0.628. The second kappa shape index (κ2) is 4.37. The van der Waals surface area contributed by atoms with E-state index in [4.69, 9.17) is 17.3 Å². The van der Waals surface area contributed by atoms with Crippen molar-refractivity contribution >= 4 is 17.4 Å². The van der Waals surface area contributed by atoms with Crippen molar-refractivity contribution in [2.75, 3.05) is 5.73 Å². The molecule has 0 amide bonds. The van der Waals surface area contributed by atoms with Crippen LogP contribution in [0.5, 0.6) is 0 Å². The average molecular weight is 254 g/mol. The van der Waals surface area contributed by atoms with E-state index in [1.807, 2.05) is 18.5 Å². The fourth-order valence-electron chi connectivity index (χ4n) is 1.73. The van der Waals surface area contributed by atoms with E-state index in [-0.39, 0.29) is 5.02 Å². The molecule has 2 N–H and O–H groups in total. The summed E-state index contributed by atoms with van der Waals surface area (Å²) < 4.78 is 15.2. The van der Waals surface area contributed by atoms with Crippen LogP contribution in [0.25, 0.3) is 11.3 Å². The van der Waals surface area contributed by atoms with Gasteiger partial charge in [0.25, 0.3) is 0 Å². The van der Waals surface area contributed by atoms with Gasteiger partial charge >= 0.3 is 0 Å². The van der Waals surface area contributed by atoms with E-state index in [0.717, 1.165) is 12.2 Å². The normalized spacial score (nSPS) is 10.8. The number of hydrogen-bond donors (Lipinski definition) is 1. The average Bonchev–Trinajstić information content (AvgIpc) is 2.60. The number of imidazole rings is 1. The minimum absolute atomic E-state index is 0.0963. The molecule has 1 heterocycles. The zero-order valence-electron chi connectivity index (χ0n) is 9.67. The van der Waals surface area contributed by atoms with Crippen molar-refractivity contribution < 1.29 is 4.39 Å². The first kappa shape index (κ1) is 11.9. The molecule has 0 aliphatic heterocycles. The topological polar surface area (TPSA) is 43.8 Å². The van der Waals surface area contributed by atoms with Gasteiger partial charge in [-0.1, -0.05) is 24.6 Å². The van der Waals surface area contributed by atoms with Crippen molar-refractivity contribution in [3.05, 3.63) is 34.9 Å². The summed E-state index contributed by atoms with van der Waals surface area (Å²) >= 11 is 5.64. The summed E-state index contributed by atoms with van der Waals surface area (Å²) in [6, 6.07) is 4.57. The summed E-state index contributed by atoms with van der Waals surface area (Å²) in [5, 5.41) is 0.0963. The summed E-state index contributed by atoms with van der Waals surface area (Å²) in [7, 11) is 1.84. The molecule has 1 aromatic heterocycles. The minimum Gasteiger partial charge on any atom is -0.383 e. The lowest BCUT2D eigenvalue weighted by Gasteiger charge is -2.01. The van der Waals surface area contributed by atoms with Gasteiger partial charge in [0.2, 0.25) is 0 Å². The smallest absolute Gasteiger partial charge is 0.142 e. The Morgan fingerprint density at radius 3 is 2.71 bits per heavy atom. The van der Waals surface area contributed by atoms with Gasteiger partial charge < -0.3 is 10.3 Å². The summed E-state index contributed by atoms with van der Waals surface area (Å²) in [5.41, 5.74) is 7.18. The van der Waals surface area contributed by atoms with Crippen molar-refractivity contribution in [2.45, 2.75) is 13.3 Å². The molecule has 0 aliphatic rings. The van der Waals surface area contributed by atoms with Crippen molar-refractivity contribution in [1.29, 1.82) is 0 Å². The number of benzene rings is 1. The van der Waals surface area contributed by atoms with Crippen LogP contribution in [-0.4, -0.2) is 9.55 Å². The number of nitrogen functional groups attached to an aromatic ring is 1. The standard InChI is InChI=1S/C12H13ClFN3/c1-3-10-16-11(12(15)17(10)2)7-4-5-8(13)9(14)6-7/h4-6H,3,15H2,1-2H3. The number of rotatable bonds is 2. The SMILES string of the molecule is CCc1nc(-c2ccc(Cl)c(F)c2)c(N)n1C. The van der Waals surface area contributed by atoms with E-state index in [9.17, 15) is 4.39 Å². The number of nitrogens with two attached hydrogens (primary N) is 1. The number of halogens is 2. The fourth-order valence-corrected chi connectivity index (χ4v) is 1.85. The molecule has 0 fully saturated rings. The molecule has 0 aliphatic carbocycles. The lowest BCUT2D eigenvalue weighted by Crippen LogP contribution is -2.00. The predicted octanol–water partition coefficient (Wildman–Crippen LogP) is 3.02. The summed E-state index contributed by atoms with van der Waals surface area (Å²) in [5.74, 6) is 0.934. The van der Waals surface area contributed by atoms with Crippen molar-refractivity contribution in [1.82, 2.24) is 9.55 Å². The Hall–Kier alpha value is -1.55. The Balaban J connectivity index is 2.56. The molecule has 0 saturated heterocycles. The number of hydrogen-bond acceptors (Lipinski definition) is 2. The molecule has 2 aromatic rings. The summed E-state index contributed by atoms with van der Waals surface area (Å²) in [4.78, 5) is 4.40. The second-order valence-electron chi connectivity index (χ2n) is 3.80. The van der Waals surface area contributed by atoms with Gasteiger partial charge in [0, 0.05) is 19.0 Å². The molecule has 5 heteroatoms. The maximum atomic E-state index is 13.4. The van der Waals surface area contributed by atoms with Crippen LogP contribution in [0, 0.1) is 5.82 Å².